The molecule has 0 unspecified atom stereocenters. The van der Waals surface area contributed by atoms with Crippen LogP contribution in [-0.4, -0.2) is 28.4 Å². The van der Waals surface area contributed by atoms with E-state index in [-0.39, 0.29) is 18.1 Å². The number of carbonyl (C=O) groups excluding carboxylic acids is 2. The van der Waals surface area contributed by atoms with Gasteiger partial charge in [0.05, 0.1) is 19.8 Å². The Kier molecular flexibility index (Phi) is 4.87. The van der Waals surface area contributed by atoms with Crippen LogP contribution in [0.2, 0.25) is 0 Å². The number of nitrogens with one attached hydrogen (secondary N) is 1. The summed E-state index contributed by atoms with van der Waals surface area (Å²) in [5.74, 6) is 0.718. The van der Waals surface area contributed by atoms with Crippen molar-refractivity contribution in [2.45, 2.75) is 6.42 Å². The van der Waals surface area contributed by atoms with Crippen molar-refractivity contribution < 1.29 is 18.7 Å². The Bertz CT molecular complexity index is 1190. The largest absolute Gasteiger partial charge is 0.497 e. The lowest BCUT2D eigenvalue weighted by Crippen LogP contribution is -2.14. The third kappa shape index (κ3) is 3.75. The molecule has 2 aromatic heterocycles. The second-order valence-corrected chi connectivity index (χ2v) is 6.62. The summed E-state index contributed by atoms with van der Waals surface area (Å²) >= 11 is 0. The summed E-state index contributed by atoms with van der Waals surface area (Å²) in [6.45, 7) is 0. The number of hydrogen-bond acceptors (Lipinski definition) is 5. The SMILES string of the molecule is COc1ccc2c(CC(=O)Nc3ccc(C(=O)c4nccn4C)cc3)coc2c1. The van der Waals surface area contributed by atoms with Crippen molar-refractivity contribution in [1.82, 2.24) is 9.55 Å². The number of furan rings is 1. The molecule has 2 heterocycles. The summed E-state index contributed by atoms with van der Waals surface area (Å²) in [5.41, 5.74) is 2.58. The predicted octanol–water partition coefficient (Wildman–Crippen LogP) is 3.59. The number of ketones is 1. The molecular formula is C22H19N3O4. The van der Waals surface area contributed by atoms with Crippen molar-refractivity contribution in [3.63, 3.8) is 0 Å². The smallest absolute Gasteiger partial charge is 0.228 e. The Morgan fingerprint density at radius 3 is 2.66 bits per heavy atom. The molecule has 1 amide bonds. The molecular weight excluding hydrogens is 370 g/mol. The van der Waals surface area contributed by atoms with Gasteiger partial charge in [-0.1, -0.05) is 0 Å². The molecule has 0 saturated heterocycles. The summed E-state index contributed by atoms with van der Waals surface area (Å²) in [4.78, 5) is 29.0. The Balaban J connectivity index is 1.44. The van der Waals surface area contributed by atoms with E-state index in [4.69, 9.17) is 9.15 Å². The van der Waals surface area contributed by atoms with Crippen LogP contribution in [0.15, 0.2) is 65.5 Å². The first-order valence-electron chi connectivity index (χ1n) is 9.01. The minimum Gasteiger partial charge on any atom is -0.497 e. The standard InChI is InChI=1S/C22H19N3O4/c1-25-10-9-23-22(25)21(27)14-3-5-16(6-4-14)24-20(26)11-15-13-29-19-12-17(28-2)7-8-18(15)19/h3-10,12-13H,11H2,1-2H3,(H,24,26). The number of ether oxygens (including phenoxy) is 1. The highest BCUT2D eigenvalue weighted by atomic mass is 16.5. The summed E-state index contributed by atoms with van der Waals surface area (Å²) in [6, 6.07) is 12.2. The number of aromatic nitrogens is 2. The fraction of sp³-hybridized carbons (Fsp3) is 0.136. The van der Waals surface area contributed by atoms with E-state index in [0.29, 0.717) is 28.4 Å². The van der Waals surface area contributed by atoms with Crippen molar-refractivity contribution in [3.05, 3.63) is 78.1 Å². The van der Waals surface area contributed by atoms with Crippen molar-refractivity contribution in [2.24, 2.45) is 7.05 Å². The van der Waals surface area contributed by atoms with Gasteiger partial charge in [0.2, 0.25) is 11.7 Å². The maximum absolute atomic E-state index is 12.5. The lowest BCUT2D eigenvalue weighted by molar-refractivity contribution is -0.115. The van der Waals surface area contributed by atoms with Gasteiger partial charge in [-0.25, -0.2) is 4.98 Å². The molecule has 7 heteroatoms. The first-order chi connectivity index (χ1) is 14.0. The summed E-state index contributed by atoms with van der Waals surface area (Å²) in [5, 5.41) is 3.71. The minimum absolute atomic E-state index is 0.171. The molecule has 0 aliphatic heterocycles. The third-order valence-corrected chi connectivity index (χ3v) is 4.67. The number of hydrogen-bond donors (Lipinski definition) is 1. The molecule has 0 aliphatic carbocycles. The van der Waals surface area contributed by atoms with E-state index in [0.717, 1.165) is 10.9 Å². The van der Waals surface area contributed by atoms with Gasteiger partial charge in [-0.05, 0) is 36.4 Å². The molecule has 0 spiro atoms. The number of imidazole rings is 1. The van der Waals surface area contributed by atoms with Crippen LogP contribution in [0.5, 0.6) is 5.75 Å². The Hall–Kier alpha value is -3.87. The Morgan fingerprint density at radius 2 is 1.97 bits per heavy atom. The molecule has 7 nitrogen and oxygen atoms in total. The lowest BCUT2D eigenvalue weighted by atomic mass is 10.1. The number of fused-ring (bicyclic) bond motifs is 1. The zero-order valence-corrected chi connectivity index (χ0v) is 16.0. The van der Waals surface area contributed by atoms with E-state index in [1.165, 1.54) is 0 Å². The number of benzene rings is 2. The molecule has 2 aromatic carbocycles. The molecule has 0 atom stereocenters. The van der Waals surface area contributed by atoms with Crippen LogP contribution < -0.4 is 10.1 Å². The Morgan fingerprint density at radius 1 is 1.17 bits per heavy atom. The lowest BCUT2D eigenvalue weighted by Gasteiger charge is -2.06. The fourth-order valence-electron chi connectivity index (χ4n) is 3.12. The number of rotatable bonds is 6. The van der Waals surface area contributed by atoms with E-state index >= 15 is 0 Å². The monoisotopic (exact) mass is 389 g/mol. The summed E-state index contributed by atoms with van der Waals surface area (Å²) < 4.78 is 12.4. The molecule has 0 saturated carbocycles. The van der Waals surface area contributed by atoms with Gasteiger partial charge in [-0.3, -0.25) is 9.59 Å². The molecule has 0 radical (unpaired) electrons. The molecule has 146 valence electrons. The molecule has 4 rings (SSSR count). The highest BCUT2D eigenvalue weighted by Gasteiger charge is 2.15. The molecule has 29 heavy (non-hydrogen) atoms. The molecule has 4 aromatic rings. The van der Waals surface area contributed by atoms with Gasteiger partial charge in [0.15, 0.2) is 5.82 Å². The number of carbonyl (C=O) groups is 2. The number of methoxy groups -OCH3 is 1. The van der Waals surface area contributed by atoms with Gasteiger partial charge < -0.3 is 19.0 Å². The van der Waals surface area contributed by atoms with Gasteiger partial charge in [0.1, 0.15) is 11.3 Å². The highest BCUT2D eigenvalue weighted by Crippen LogP contribution is 2.26. The van der Waals surface area contributed by atoms with E-state index in [2.05, 4.69) is 10.3 Å². The zero-order valence-electron chi connectivity index (χ0n) is 16.0. The van der Waals surface area contributed by atoms with Gasteiger partial charge in [0, 0.05) is 47.7 Å². The average molecular weight is 389 g/mol. The maximum atomic E-state index is 12.5. The number of nitrogens with zero attached hydrogens (tertiary/aromatic N) is 2. The molecule has 0 aliphatic rings. The summed E-state index contributed by atoms with van der Waals surface area (Å²) in [7, 11) is 3.36. The van der Waals surface area contributed by atoms with Crippen LogP contribution in [0.4, 0.5) is 5.69 Å². The second kappa shape index (κ2) is 7.63. The maximum Gasteiger partial charge on any atom is 0.228 e. The second-order valence-electron chi connectivity index (χ2n) is 6.62. The third-order valence-electron chi connectivity index (χ3n) is 4.67. The average Bonchev–Trinajstić information content (AvgIpc) is 3.33. The fourth-order valence-corrected chi connectivity index (χ4v) is 3.12. The zero-order chi connectivity index (χ0) is 20.4. The normalized spacial score (nSPS) is 10.8. The van der Waals surface area contributed by atoms with Crippen molar-refractivity contribution in [2.75, 3.05) is 12.4 Å². The van der Waals surface area contributed by atoms with E-state index in [1.807, 2.05) is 12.1 Å². The van der Waals surface area contributed by atoms with Crippen LogP contribution >= 0.6 is 0 Å². The number of aryl methyl sites for hydroxylation is 1. The number of amides is 1. The van der Waals surface area contributed by atoms with Crippen LogP contribution in [0, 0.1) is 0 Å². The summed E-state index contributed by atoms with van der Waals surface area (Å²) in [6.07, 6.45) is 5.06. The first kappa shape index (κ1) is 18.5. The van der Waals surface area contributed by atoms with Crippen molar-refractivity contribution >= 4 is 28.3 Å². The molecule has 0 fully saturated rings. The van der Waals surface area contributed by atoms with Gasteiger partial charge >= 0.3 is 0 Å². The Labute approximate surface area is 166 Å². The van der Waals surface area contributed by atoms with Crippen molar-refractivity contribution in [3.8, 4) is 5.75 Å². The van der Waals surface area contributed by atoms with Crippen LogP contribution in [0.1, 0.15) is 21.7 Å². The van der Waals surface area contributed by atoms with Gasteiger partial charge in [-0.2, -0.15) is 0 Å². The van der Waals surface area contributed by atoms with Crippen molar-refractivity contribution in [1.29, 1.82) is 0 Å². The number of anilines is 1. The quantitative estimate of drug-likeness (QED) is 0.509. The molecule has 1 N–H and O–H groups in total. The van der Waals surface area contributed by atoms with Crippen LogP contribution in [-0.2, 0) is 18.3 Å². The van der Waals surface area contributed by atoms with Gasteiger partial charge in [-0.15, -0.1) is 0 Å². The van der Waals surface area contributed by atoms with Gasteiger partial charge in [0.25, 0.3) is 0 Å². The van der Waals surface area contributed by atoms with Crippen LogP contribution in [0.3, 0.4) is 0 Å². The van der Waals surface area contributed by atoms with E-state index < -0.39 is 0 Å². The predicted molar refractivity (Wildman–Crippen MR) is 108 cm³/mol. The topological polar surface area (TPSA) is 86.4 Å². The van der Waals surface area contributed by atoms with E-state index in [9.17, 15) is 9.59 Å². The van der Waals surface area contributed by atoms with E-state index in [1.54, 1.807) is 67.7 Å². The molecule has 0 bridgehead atoms. The van der Waals surface area contributed by atoms with Crippen LogP contribution in [0.25, 0.3) is 11.0 Å². The first-order valence-corrected chi connectivity index (χ1v) is 9.01. The highest BCUT2D eigenvalue weighted by molar-refractivity contribution is 6.07. The minimum atomic E-state index is -0.174.